The minimum atomic E-state index is 0.661. The lowest BCUT2D eigenvalue weighted by Gasteiger charge is -2.11. The van der Waals surface area contributed by atoms with Crippen LogP contribution in [0.4, 0.5) is 11.6 Å². The van der Waals surface area contributed by atoms with Crippen LogP contribution in [-0.4, -0.2) is 9.55 Å². The first-order chi connectivity index (χ1) is 8.38. The van der Waals surface area contributed by atoms with Crippen LogP contribution in [0.5, 0.6) is 0 Å². The Morgan fingerprint density at radius 3 is 2.94 bits per heavy atom. The molecule has 3 nitrogen and oxygen atoms in total. The van der Waals surface area contributed by atoms with E-state index in [4.69, 9.17) is 0 Å². The number of para-hydroxylation sites is 1. The Morgan fingerprint density at radius 1 is 1.35 bits per heavy atom. The highest BCUT2D eigenvalue weighted by molar-refractivity contribution is 5.58. The molecule has 1 fully saturated rings. The van der Waals surface area contributed by atoms with Crippen molar-refractivity contribution in [3.8, 4) is 0 Å². The Bertz CT molecular complexity index is 512. The number of benzene rings is 1. The SMILES string of the molecule is CCc1ccccc1Nc1nccn1C1CC1. The van der Waals surface area contributed by atoms with Gasteiger partial charge >= 0.3 is 0 Å². The second-order valence-corrected chi connectivity index (χ2v) is 4.52. The van der Waals surface area contributed by atoms with Crippen molar-refractivity contribution in [3.63, 3.8) is 0 Å². The van der Waals surface area contributed by atoms with Crippen LogP contribution in [0.1, 0.15) is 31.4 Å². The number of hydrogen-bond donors (Lipinski definition) is 1. The van der Waals surface area contributed by atoms with E-state index in [0.717, 1.165) is 12.4 Å². The molecule has 3 rings (SSSR count). The third-order valence-electron chi connectivity index (χ3n) is 3.25. The van der Waals surface area contributed by atoms with Crippen molar-refractivity contribution < 1.29 is 0 Å². The maximum atomic E-state index is 4.40. The van der Waals surface area contributed by atoms with Crippen molar-refractivity contribution in [3.05, 3.63) is 42.2 Å². The summed E-state index contributed by atoms with van der Waals surface area (Å²) in [6.07, 6.45) is 7.53. The molecule has 1 aromatic carbocycles. The molecule has 1 aliphatic carbocycles. The molecule has 1 aliphatic rings. The topological polar surface area (TPSA) is 29.9 Å². The van der Waals surface area contributed by atoms with Gasteiger partial charge in [0.15, 0.2) is 0 Å². The molecule has 0 aliphatic heterocycles. The van der Waals surface area contributed by atoms with E-state index < -0.39 is 0 Å². The largest absolute Gasteiger partial charge is 0.325 e. The van der Waals surface area contributed by atoms with Gasteiger partial charge in [0.1, 0.15) is 0 Å². The number of imidazole rings is 1. The molecule has 0 bridgehead atoms. The first-order valence-electron chi connectivity index (χ1n) is 6.26. The monoisotopic (exact) mass is 227 g/mol. The number of aryl methyl sites for hydroxylation is 1. The fraction of sp³-hybridized carbons (Fsp3) is 0.357. The van der Waals surface area contributed by atoms with E-state index in [9.17, 15) is 0 Å². The van der Waals surface area contributed by atoms with Gasteiger partial charge in [-0.2, -0.15) is 0 Å². The van der Waals surface area contributed by atoms with Gasteiger partial charge in [-0.1, -0.05) is 25.1 Å². The average Bonchev–Trinajstić information content (AvgIpc) is 3.11. The predicted molar refractivity (Wildman–Crippen MR) is 69.6 cm³/mol. The Kier molecular flexibility index (Phi) is 2.59. The quantitative estimate of drug-likeness (QED) is 0.866. The van der Waals surface area contributed by atoms with Gasteiger partial charge in [-0.3, -0.25) is 0 Å². The fourth-order valence-corrected chi connectivity index (χ4v) is 2.13. The summed E-state index contributed by atoms with van der Waals surface area (Å²) in [6.45, 7) is 2.17. The summed E-state index contributed by atoms with van der Waals surface area (Å²) in [4.78, 5) is 4.40. The molecule has 1 N–H and O–H groups in total. The summed E-state index contributed by atoms with van der Waals surface area (Å²) >= 11 is 0. The van der Waals surface area contributed by atoms with Crippen LogP contribution in [0.3, 0.4) is 0 Å². The van der Waals surface area contributed by atoms with E-state index >= 15 is 0 Å². The first kappa shape index (κ1) is 10.4. The van der Waals surface area contributed by atoms with Crippen molar-refractivity contribution in [1.82, 2.24) is 9.55 Å². The van der Waals surface area contributed by atoms with Crippen LogP contribution >= 0.6 is 0 Å². The molecule has 3 heteroatoms. The zero-order chi connectivity index (χ0) is 11.7. The average molecular weight is 227 g/mol. The number of aromatic nitrogens is 2. The summed E-state index contributed by atoms with van der Waals surface area (Å²) in [5, 5.41) is 3.45. The van der Waals surface area contributed by atoms with Crippen molar-refractivity contribution in [2.45, 2.75) is 32.2 Å². The predicted octanol–water partition coefficient (Wildman–Crippen LogP) is 3.52. The van der Waals surface area contributed by atoms with Gasteiger partial charge in [0.25, 0.3) is 0 Å². The molecule has 1 aromatic heterocycles. The van der Waals surface area contributed by atoms with Gasteiger partial charge < -0.3 is 9.88 Å². The first-order valence-corrected chi connectivity index (χ1v) is 6.26. The van der Waals surface area contributed by atoms with Crippen molar-refractivity contribution in [2.24, 2.45) is 0 Å². The van der Waals surface area contributed by atoms with Gasteiger partial charge in [-0.15, -0.1) is 0 Å². The van der Waals surface area contributed by atoms with Crippen LogP contribution in [0.15, 0.2) is 36.7 Å². The molecule has 0 spiro atoms. The summed E-state index contributed by atoms with van der Waals surface area (Å²) < 4.78 is 2.24. The van der Waals surface area contributed by atoms with E-state index in [0.29, 0.717) is 6.04 Å². The Hall–Kier alpha value is -1.77. The highest BCUT2D eigenvalue weighted by Crippen LogP contribution is 2.37. The zero-order valence-electron chi connectivity index (χ0n) is 10.1. The zero-order valence-corrected chi connectivity index (χ0v) is 10.1. The van der Waals surface area contributed by atoms with E-state index in [-0.39, 0.29) is 0 Å². The Labute approximate surface area is 101 Å². The van der Waals surface area contributed by atoms with Crippen LogP contribution in [0.25, 0.3) is 0 Å². The standard InChI is InChI=1S/C14H17N3/c1-2-11-5-3-4-6-13(11)16-14-15-9-10-17(14)12-7-8-12/h3-6,9-10,12H,2,7-8H2,1H3,(H,15,16). The second-order valence-electron chi connectivity index (χ2n) is 4.52. The van der Waals surface area contributed by atoms with Gasteiger partial charge in [0.2, 0.25) is 5.95 Å². The lowest BCUT2D eigenvalue weighted by atomic mass is 10.1. The normalized spacial score (nSPS) is 14.9. The van der Waals surface area contributed by atoms with Crippen LogP contribution in [0, 0.1) is 0 Å². The molecule has 0 saturated heterocycles. The summed E-state index contributed by atoms with van der Waals surface area (Å²) in [5.74, 6) is 0.966. The third-order valence-corrected chi connectivity index (χ3v) is 3.25. The van der Waals surface area contributed by atoms with E-state index in [1.165, 1.54) is 24.1 Å². The van der Waals surface area contributed by atoms with Gasteiger partial charge in [-0.05, 0) is 30.9 Å². The molecule has 88 valence electrons. The summed E-state index contributed by atoms with van der Waals surface area (Å²) in [6, 6.07) is 9.08. The minimum absolute atomic E-state index is 0.661. The molecule has 0 radical (unpaired) electrons. The van der Waals surface area contributed by atoms with Gasteiger partial charge in [0, 0.05) is 24.1 Å². The Balaban J connectivity index is 1.88. The fourth-order valence-electron chi connectivity index (χ4n) is 2.13. The molecular formula is C14H17N3. The van der Waals surface area contributed by atoms with E-state index in [1.807, 2.05) is 6.20 Å². The van der Waals surface area contributed by atoms with Crippen LogP contribution < -0.4 is 5.32 Å². The van der Waals surface area contributed by atoms with Crippen LogP contribution in [0.2, 0.25) is 0 Å². The van der Waals surface area contributed by atoms with Gasteiger partial charge in [-0.25, -0.2) is 4.98 Å². The summed E-state index contributed by atoms with van der Waals surface area (Å²) in [7, 11) is 0. The molecule has 1 heterocycles. The van der Waals surface area contributed by atoms with E-state index in [2.05, 4.69) is 52.3 Å². The molecule has 0 unspecified atom stereocenters. The number of nitrogens with one attached hydrogen (secondary N) is 1. The lowest BCUT2D eigenvalue weighted by Crippen LogP contribution is -2.03. The molecular weight excluding hydrogens is 210 g/mol. The maximum Gasteiger partial charge on any atom is 0.207 e. The minimum Gasteiger partial charge on any atom is -0.325 e. The second kappa shape index (κ2) is 4.24. The molecule has 0 amide bonds. The molecule has 2 aromatic rings. The highest BCUT2D eigenvalue weighted by Gasteiger charge is 2.25. The van der Waals surface area contributed by atoms with Crippen molar-refractivity contribution in [2.75, 3.05) is 5.32 Å². The lowest BCUT2D eigenvalue weighted by molar-refractivity contribution is 0.751. The van der Waals surface area contributed by atoms with Gasteiger partial charge in [0.05, 0.1) is 0 Å². The molecule has 0 atom stereocenters. The number of nitrogens with zero attached hydrogens (tertiary/aromatic N) is 2. The number of anilines is 2. The number of hydrogen-bond acceptors (Lipinski definition) is 2. The van der Waals surface area contributed by atoms with Crippen molar-refractivity contribution >= 4 is 11.6 Å². The Morgan fingerprint density at radius 2 is 2.18 bits per heavy atom. The van der Waals surface area contributed by atoms with Crippen molar-refractivity contribution in [1.29, 1.82) is 0 Å². The summed E-state index contributed by atoms with van der Waals surface area (Å²) in [5.41, 5.74) is 2.50. The third kappa shape index (κ3) is 2.05. The highest BCUT2D eigenvalue weighted by atomic mass is 15.2. The van der Waals surface area contributed by atoms with E-state index in [1.54, 1.807) is 0 Å². The molecule has 1 saturated carbocycles. The maximum absolute atomic E-state index is 4.40. The van der Waals surface area contributed by atoms with Crippen LogP contribution in [-0.2, 0) is 6.42 Å². The number of rotatable bonds is 4. The smallest absolute Gasteiger partial charge is 0.207 e. The molecule has 17 heavy (non-hydrogen) atoms.